The first kappa shape index (κ1) is 16.1. The molecule has 0 saturated heterocycles. The van der Waals surface area contributed by atoms with E-state index in [0.717, 1.165) is 23.4 Å². The van der Waals surface area contributed by atoms with Gasteiger partial charge in [0.1, 0.15) is 5.75 Å². The molecule has 24 heavy (non-hydrogen) atoms. The molecule has 0 unspecified atom stereocenters. The molecule has 1 heterocycles. The van der Waals surface area contributed by atoms with Gasteiger partial charge >= 0.3 is 0 Å². The van der Waals surface area contributed by atoms with Crippen molar-refractivity contribution in [2.24, 2.45) is 0 Å². The minimum atomic E-state index is -0.129. The quantitative estimate of drug-likeness (QED) is 0.516. The number of nitrogens with one attached hydrogen (secondary N) is 1. The zero-order valence-electron chi connectivity index (χ0n) is 14.2. The smallest absolute Gasteiger partial charge is 0.189 e. The number of fused-ring (bicyclic) bond motifs is 1. The number of rotatable bonds is 3. The molecule has 124 valence electrons. The van der Waals surface area contributed by atoms with Crippen LogP contribution in [0.4, 0.5) is 5.69 Å². The molecule has 1 aliphatic rings. The van der Waals surface area contributed by atoms with Crippen LogP contribution in [-0.4, -0.2) is 18.4 Å². The van der Waals surface area contributed by atoms with E-state index >= 15 is 0 Å². The van der Waals surface area contributed by atoms with Gasteiger partial charge in [-0.2, -0.15) is 0 Å². The maximum atomic E-state index is 12.7. The fourth-order valence-corrected chi connectivity index (χ4v) is 3.08. The van der Waals surface area contributed by atoms with Crippen molar-refractivity contribution in [1.82, 2.24) is 5.32 Å². The van der Waals surface area contributed by atoms with E-state index in [1.165, 1.54) is 5.56 Å². The molecule has 2 aromatic carbocycles. The van der Waals surface area contributed by atoms with Crippen LogP contribution in [0, 0.1) is 0 Å². The van der Waals surface area contributed by atoms with E-state index < -0.39 is 0 Å². The first-order chi connectivity index (χ1) is 11.4. The summed E-state index contributed by atoms with van der Waals surface area (Å²) < 4.78 is 5.33. The van der Waals surface area contributed by atoms with Gasteiger partial charge in [0.15, 0.2) is 5.78 Å². The molecule has 3 rings (SSSR count). The Balaban J connectivity index is 2.07. The van der Waals surface area contributed by atoms with Crippen LogP contribution in [0.5, 0.6) is 5.75 Å². The Morgan fingerprint density at radius 3 is 2.71 bits per heavy atom. The van der Waals surface area contributed by atoms with Crippen LogP contribution in [0.3, 0.4) is 0 Å². The third-order valence-corrected chi connectivity index (χ3v) is 4.21. The molecule has 1 aliphatic heterocycles. The molecule has 0 bridgehead atoms. The van der Waals surface area contributed by atoms with Crippen LogP contribution < -0.4 is 15.8 Å². The number of carbonyl (C=O) groups is 1. The topological polar surface area (TPSA) is 64.3 Å². The van der Waals surface area contributed by atoms with E-state index in [4.69, 9.17) is 10.5 Å². The number of methoxy groups -OCH3 is 1. The Hall–Kier alpha value is -2.75. The van der Waals surface area contributed by atoms with Crippen molar-refractivity contribution in [3.63, 3.8) is 0 Å². The van der Waals surface area contributed by atoms with Crippen LogP contribution in [0.1, 0.15) is 35.3 Å². The summed E-state index contributed by atoms with van der Waals surface area (Å²) in [5.74, 6) is 0.662. The number of para-hydroxylation sites is 1. The van der Waals surface area contributed by atoms with Gasteiger partial charge in [-0.25, -0.2) is 0 Å². The summed E-state index contributed by atoms with van der Waals surface area (Å²) in [5.41, 5.74) is 9.79. The number of allylic oxidation sites excluding steroid dienone is 1. The summed E-state index contributed by atoms with van der Waals surface area (Å²) in [7, 11) is 1.64. The van der Waals surface area contributed by atoms with Gasteiger partial charge in [-0.3, -0.25) is 4.79 Å². The van der Waals surface area contributed by atoms with E-state index in [1.807, 2.05) is 24.3 Å². The molecule has 2 aromatic rings. The second-order valence-electron chi connectivity index (χ2n) is 6.72. The van der Waals surface area contributed by atoms with Crippen molar-refractivity contribution >= 4 is 17.2 Å². The standard InChI is InChI=1S/C20H22N2O2/c1-20(2)12-13-8-9-14(24-3)10-16(13)18(22-20)11-19(23)15-6-4-5-7-17(15)21/h4-11,22H,12,21H2,1-3H3. The highest BCUT2D eigenvalue weighted by molar-refractivity contribution is 6.11. The van der Waals surface area contributed by atoms with Gasteiger partial charge in [-0.05, 0) is 50.1 Å². The van der Waals surface area contributed by atoms with Crippen molar-refractivity contribution in [2.45, 2.75) is 25.8 Å². The van der Waals surface area contributed by atoms with Crippen molar-refractivity contribution in [2.75, 3.05) is 12.8 Å². The molecule has 0 aliphatic carbocycles. The fourth-order valence-electron chi connectivity index (χ4n) is 3.08. The fraction of sp³-hybridized carbons (Fsp3) is 0.250. The Bertz CT molecular complexity index is 822. The van der Waals surface area contributed by atoms with Crippen molar-refractivity contribution in [3.05, 3.63) is 65.2 Å². The number of carbonyl (C=O) groups excluding carboxylic acids is 1. The highest BCUT2D eigenvalue weighted by Crippen LogP contribution is 2.32. The average Bonchev–Trinajstić information content (AvgIpc) is 2.54. The van der Waals surface area contributed by atoms with Gasteiger partial charge in [-0.1, -0.05) is 18.2 Å². The summed E-state index contributed by atoms with van der Waals surface area (Å²) in [5, 5.41) is 3.46. The lowest BCUT2D eigenvalue weighted by Crippen LogP contribution is -2.43. The second kappa shape index (κ2) is 6.04. The Morgan fingerprint density at radius 2 is 2.00 bits per heavy atom. The summed E-state index contributed by atoms with van der Waals surface area (Å²) in [6, 6.07) is 13.1. The molecule has 0 saturated carbocycles. The largest absolute Gasteiger partial charge is 0.497 e. The molecule has 0 spiro atoms. The first-order valence-corrected chi connectivity index (χ1v) is 7.96. The molecule has 0 aromatic heterocycles. The Labute approximate surface area is 142 Å². The molecule has 0 amide bonds. The lowest BCUT2D eigenvalue weighted by atomic mass is 9.85. The van der Waals surface area contributed by atoms with Gasteiger partial charge in [0, 0.05) is 34.1 Å². The van der Waals surface area contributed by atoms with E-state index in [9.17, 15) is 4.79 Å². The predicted octanol–water partition coefficient (Wildman–Crippen LogP) is 3.43. The number of hydrogen-bond acceptors (Lipinski definition) is 4. The summed E-state index contributed by atoms with van der Waals surface area (Å²) in [6.07, 6.45) is 2.51. The first-order valence-electron chi connectivity index (χ1n) is 7.96. The molecule has 0 fully saturated rings. The number of ether oxygens (including phenoxy) is 1. The Kier molecular flexibility index (Phi) is 4.06. The molecule has 0 atom stereocenters. The molecule has 4 nitrogen and oxygen atoms in total. The molecule has 4 heteroatoms. The van der Waals surface area contributed by atoms with Gasteiger partial charge in [0.05, 0.1) is 7.11 Å². The average molecular weight is 322 g/mol. The molecular weight excluding hydrogens is 300 g/mol. The third kappa shape index (κ3) is 3.13. The van der Waals surface area contributed by atoms with Gasteiger partial charge in [0.25, 0.3) is 0 Å². The van der Waals surface area contributed by atoms with E-state index in [1.54, 1.807) is 25.3 Å². The van der Waals surface area contributed by atoms with Crippen molar-refractivity contribution in [3.8, 4) is 5.75 Å². The van der Waals surface area contributed by atoms with E-state index in [-0.39, 0.29) is 11.3 Å². The second-order valence-corrected chi connectivity index (χ2v) is 6.72. The van der Waals surface area contributed by atoms with E-state index in [2.05, 4.69) is 25.2 Å². The molecule has 0 radical (unpaired) electrons. The molecular formula is C20H22N2O2. The number of anilines is 1. The third-order valence-electron chi connectivity index (χ3n) is 4.21. The van der Waals surface area contributed by atoms with Crippen LogP contribution in [0.2, 0.25) is 0 Å². The molecule has 3 N–H and O–H groups in total. The summed E-state index contributed by atoms with van der Waals surface area (Å²) in [6.45, 7) is 4.24. The lowest BCUT2D eigenvalue weighted by molar-refractivity contribution is 0.104. The van der Waals surface area contributed by atoms with E-state index in [0.29, 0.717) is 11.3 Å². The van der Waals surface area contributed by atoms with Crippen molar-refractivity contribution in [1.29, 1.82) is 0 Å². The highest BCUT2D eigenvalue weighted by Gasteiger charge is 2.28. The monoisotopic (exact) mass is 322 g/mol. The Morgan fingerprint density at radius 1 is 1.25 bits per heavy atom. The zero-order valence-corrected chi connectivity index (χ0v) is 14.2. The summed E-state index contributed by atoms with van der Waals surface area (Å²) >= 11 is 0. The lowest BCUT2D eigenvalue weighted by Gasteiger charge is -2.35. The number of ketones is 1. The maximum Gasteiger partial charge on any atom is 0.189 e. The van der Waals surface area contributed by atoms with Crippen LogP contribution in [-0.2, 0) is 6.42 Å². The number of nitrogens with two attached hydrogens (primary N) is 1. The SMILES string of the molecule is COc1ccc2c(c1)C(=CC(=O)c1ccccc1N)NC(C)(C)C2. The number of nitrogen functional groups attached to an aromatic ring is 1. The van der Waals surface area contributed by atoms with Gasteiger partial charge in [0.2, 0.25) is 0 Å². The highest BCUT2D eigenvalue weighted by atomic mass is 16.5. The number of hydrogen-bond donors (Lipinski definition) is 2. The van der Waals surface area contributed by atoms with Gasteiger partial charge < -0.3 is 15.8 Å². The summed E-state index contributed by atoms with van der Waals surface area (Å²) in [4.78, 5) is 12.7. The van der Waals surface area contributed by atoms with Gasteiger partial charge in [-0.15, -0.1) is 0 Å². The predicted molar refractivity (Wildman–Crippen MR) is 97.1 cm³/mol. The minimum absolute atomic E-state index is 0.109. The normalized spacial score (nSPS) is 17.0. The number of benzene rings is 2. The maximum absolute atomic E-state index is 12.7. The minimum Gasteiger partial charge on any atom is -0.497 e. The van der Waals surface area contributed by atoms with Crippen molar-refractivity contribution < 1.29 is 9.53 Å². The van der Waals surface area contributed by atoms with Crippen LogP contribution >= 0.6 is 0 Å². The van der Waals surface area contributed by atoms with Crippen LogP contribution in [0.15, 0.2) is 48.5 Å². The zero-order chi connectivity index (χ0) is 17.3. The van der Waals surface area contributed by atoms with Crippen LogP contribution in [0.25, 0.3) is 5.70 Å².